The molecule has 0 saturated carbocycles. The molecular formula is C23H27N3O2. The van der Waals surface area contributed by atoms with E-state index in [-0.39, 0.29) is 5.91 Å². The Hall–Kier alpha value is -2.66. The van der Waals surface area contributed by atoms with Crippen LogP contribution in [-0.2, 0) is 22.5 Å². The summed E-state index contributed by atoms with van der Waals surface area (Å²) in [6, 6.07) is 14.0. The Balaban J connectivity index is 1.54. The van der Waals surface area contributed by atoms with Crippen LogP contribution in [0.1, 0.15) is 29.7 Å². The quantitative estimate of drug-likeness (QED) is 0.723. The van der Waals surface area contributed by atoms with Crippen molar-refractivity contribution in [2.75, 3.05) is 18.5 Å². The molecule has 1 aromatic carbocycles. The van der Waals surface area contributed by atoms with Crippen LogP contribution in [0, 0.1) is 19.8 Å². The number of aromatic nitrogens is 2. The summed E-state index contributed by atoms with van der Waals surface area (Å²) in [5.74, 6) is 1.25. The highest BCUT2D eigenvalue weighted by atomic mass is 16.5. The van der Waals surface area contributed by atoms with Gasteiger partial charge < -0.3 is 14.6 Å². The lowest BCUT2D eigenvalue weighted by Gasteiger charge is -2.23. The van der Waals surface area contributed by atoms with Gasteiger partial charge in [-0.15, -0.1) is 0 Å². The molecule has 1 saturated heterocycles. The number of carbonyl (C=O) groups excluding carboxylic acids is 1. The zero-order valence-electron chi connectivity index (χ0n) is 16.6. The summed E-state index contributed by atoms with van der Waals surface area (Å²) >= 11 is 0. The third kappa shape index (κ3) is 4.09. The van der Waals surface area contributed by atoms with Gasteiger partial charge in [-0.2, -0.15) is 0 Å². The van der Waals surface area contributed by atoms with Gasteiger partial charge in [-0.05, 0) is 55.9 Å². The van der Waals surface area contributed by atoms with Crippen LogP contribution in [0.4, 0.5) is 5.82 Å². The van der Waals surface area contributed by atoms with Crippen LogP contribution in [-0.4, -0.2) is 28.7 Å². The summed E-state index contributed by atoms with van der Waals surface area (Å²) in [6.07, 6.45) is 2.57. The number of benzene rings is 1. The van der Waals surface area contributed by atoms with Gasteiger partial charge in [-0.25, -0.2) is 4.98 Å². The largest absolute Gasteiger partial charge is 0.381 e. The number of ether oxygens (including phenoxy) is 1. The van der Waals surface area contributed by atoms with Crippen LogP contribution in [0.5, 0.6) is 0 Å². The Morgan fingerprint density at radius 3 is 2.68 bits per heavy atom. The van der Waals surface area contributed by atoms with Crippen molar-refractivity contribution in [1.82, 2.24) is 9.55 Å². The molecule has 28 heavy (non-hydrogen) atoms. The normalized spacial score (nSPS) is 15.1. The lowest BCUT2D eigenvalue weighted by atomic mass is 10.0. The van der Waals surface area contributed by atoms with Crippen molar-refractivity contribution >= 4 is 22.8 Å². The molecule has 5 heteroatoms. The molecule has 1 fully saturated rings. The highest BCUT2D eigenvalue weighted by molar-refractivity contribution is 5.93. The second kappa shape index (κ2) is 8.15. The third-order valence-electron chi connectivity index (χ3n) is 5.53. The second-order valence-electron chi connectivity index (χ2n) is 7.72. The van der Waals surface area contributed by atoms with Gasteiger partial charge in [0.25, 0.3) is 0 Å². The average Bonchev–Trinajstić information content (AvgIpc) is 2.98. The molecule has 0 radical (unpaired) electrons. The first-order valence-electron chi connectivity index (χ1n) is 9.99. The lowest BCUT2D eigenvalue weighted by Crippen LogP contribution is -2.20. The molecule has 4 rings (SSSR count). The number of aryl methyl sites for hydroxylation is 2. The Labute approximate surface area is 165 Å². The number of hydrogen-bond acceptors (Lipinski definition) is 3. The number of anilines is 1. The smallest absolute Gasteiger partial charge is 0.229 e. The number of amides is 1. The molecule has 1 aliphatic rings. The van der Waals surface area contributed by atoms with Crippen LogP contribution in [0.3, 0.4) is 0 Å². The van der Waals surface area contributed by atoms with Crippen LogP contribution in [0.15, 0.2) is 42.5 Å². The fourth-order valence-electron chi connectivity index (χ4n) is 3.92. The Morgan fingerprint density at radius 2 is 1.93 bits per heavy atom. The molecule has 1 aliphatic heterocycles. The minimum atomic E-state index is -0.0421. The van der Waals surface area contributed by atoms with E-state index in [9.17, 15) is 4.79 Å². The van der Waals surface area contributed by atoms with Gasteiger partial charge >= 0.3 is 0 Å². The summed E-state index contributed by atoms with van der Waals surface area (Å²) in [5, 5.41) is 2.99. The molecule has 0 atom stereocenters. The molecule has 0 unspecified atom stereocenters. The van der Waals surface area contributed by atoms with Crippen molar-refractivity contribution in [2.24, 2.45) is 5.92 Å². The maximum Gasteiger partial charge on any atom is 0.229 e. The summed E-state index contributed by atoms with van der Waals surface area (Å²) in [6.45, 7) is 6.85. The van der Waals surface area contributed by atoms with Crippen molar-refractivity contribution in [3.8, 4) is 0 Å². The van der Waals surface area contributed by atoms with Crippen molar-refractivity contribution < 1.29 is 9.53 Å². The van der Waals surface area contributed by atoms with Gasteiger partial charge in [0.1, 0.15) is 5.82 Å². The molecule has 3 heterocycles. The number of pyridine rings is 1. The standard InChI is InChI=1S/C23H27N3O2/c1-16-12-21-20(13-17(2)26(21)15-19-8-10-28-11-9-19)24-23(16)25-22(27)14-18-6-4-3-5-7-18/h3-7,12-13,19H,8-11,14-15H2,1-2H3,(H,24,25,27). The van der Waals surface area contributed by atoms with Gasteiger partial charge in [-0.3, -0.25) is 4.79 Å². The highest BCUT2D eigenvalue weighted by Crippen LogP contribution is 2.26. The molecule has 3 aromatic rings. The zero-order valence-corrected chi connectivity index (χ0v) is 16.6. The van der Waals surface area contributed by atoms with Crippen molar-refractivity contribution in [3.63, 3.8) is 0 Å². The van der Waals surface area contributed by atoms with Crippen molar-refractivity contribution in [2.45, 2.75) is 39.7 Å². The zero-order chi connectivity index (χ0) is 19.5. The highest BCUT2D eigenvalue weighted by Gasteiger charge is 2.18. The molecule has 1 N–H and O–H groups in total. The number of hydrogen-bond donors (Lipinski definition) is 1. The summed E-state index contributed by atoms with van der Waals surface area (Å²) in [7, 11) is 0. The number of carbonyl (C=O) groups is 1. The Morgan fingerprint density at radius 1 is 1.18 bits per heavy atom. The Kier molecular flexibility index (Phi) is 5.44. The number of nitrogens with one attached hydrogen (secondary N) is 1. The van der Waals surface area contributed by atoms with E-state index in [0.29, 0.717) is 18.2 Å². The van der Waals surface area contributed by atoms with Crippen LogP contribution in [0.2, 0.25) is 0 Å². The van der Waals surface area contributed by atoms with Crippen LogP contribution >= 0.6 is 0 Å². The number of fused-ring (bicyclic) bond motifs is 1. The minimum absolute atomic E-state index is 0.0421. The summed E-state index contributed by atoms with van der Waals surface area (Å²) in [5.41, 5.74) is 5.27. The van der Waals surface area contributed by atoms with E-state index in [1.54, 1.807) is 0 Å². The molecule has 2 aromatic heterocycles. The summed E-state index contributed by atoms with van der Waals surface area (Å²) < 4.78 is 7.85. The monoisotopic (exact) mass is 377 g/mol. The molecular weight excluding hydrogens is 350 g/mol. The molecule has 5 nitrogen and oxygen atoms in total. The molecule has 0 aliphatic carbocycles. The van der Waals surface area contributed by atoms with Gasteiger partial charge in [0.05, 0.1) is 17.5 Å². The van der Waals surface area contributed by atoms with E-state index >= 15 is 0 Å². The van der Waals surface area contributed by atoms with Gasteiger partial charge in [0.2, 0.25) is 5.91 Å². The number of rotatable bonds is 5. The van der Waals surface area contributed by atoms with E-state index in [0.717, 1.165) is 54.8 Å². The second-order valence-corrected chi connectivity index (χ2v) is 7.72. The average molecular weight is 377 g/mol. The van der Waals surface area contributed by atoms with Gasteiger partial charge in [0, 0.05) is 25.5 Å². The van der Waals surface area contributed by atoms with Crippen LogP contribution < -0.4 is 5.32 Å². The Bertz CT molecular complexity index is 972. The molecule has 146 valence electrons. The maximum absolute atomic E-state index is 12.4. The fraction of sp³-hybridized carbons (Fsp3) is 0.391. The van der Waals surface area contributed by atoms with Crippen LogP contribution in [0.25, 0.3) is 11.0 Å². The minimum Gasteiger partial charge on any atom is -0.381 e. The number of nitrogens with zero attached hydrogens (tertiary/aromatic N) is 2. The first-order valence-corrected chi connectivity index (χ1v) is 9.99. The summed E-state index contributed by atoms with van der Waals surface area (Å²) in [4.78, 5) is 17.2. The van der Waals surface area contributed by atoms with E-state index in [1.165, 1.54) is 5.69 Å². The molecule has 1 amide bonds. The molecule has 0 spiro atoms. The topological polar surface area (TPSA) is 56.1 Å². The SMILES string of the molecule is Cc1cc2c(cc(C)n2CC2CCOCC2)nc1NC(=O)Cc1ccccc1. The third-order valence-corrected chi connectivity index (χ3v) is 5.53. The maximum atomic E-state index is 12.4. The fourth-order valence-corrected chi connectivity index (χ4v) is 3.92. The van der Waals surface area contributed by atoms with Gasteiger partial charge in [0.15, 0.2) is 0 Å². The molecule has 0 bridgehead atoms. The van der Waals surface area contributed by atoms with E-state index in [4.69, 9.17) is 9.72 Å². The van der Waals surface area contributed by atoms with Crippen molar-refractivity contribution in [1.29, 1.82) is 0 Å². The lowest BCUT2D eigenvalue weighted by molar-refractivity contribution is -0.115. The predicted octanol–water partition coefficient (Wildman–Crippen LogP) is 4.26. The van der Waals surface area contributed by atoms with E-state index in [2.05, 4.69) is 28.9 Å². The van der Waals surface area contributed by atoms with Crippen molar-refractivity contribution in [3.05, 3.63) is 59.3 Å². The first kappa shape index (κ1) is 18.7. The predicted molar refractivity (Wildman–Crippen MR) is 112 cm³/mol. The van der Waals surface area contributed by atoms with E-state index < -0.39 is 0 Å². The first-order chi connectivity index (χ1) is 13.6. The van der Waals surface area contributed by atoms with E-state index in [1.807, 2.05) is 37.3 Å². The van der Waals surface area contributed by atoms with Gasteiger partial charge in [-0.1, -0.05) is 30.3 Å².